The maximum absolute atomic E-state index is 13.6. The van der Waals surface area contributed by atoms with Gasteiger partial charge in [-0.2, -0.15) is 5.26 Å². The molecule has 0 aliphatic carbocycles. The molecule has 33 heavy (non-hydrogen) atoms. The van der Waals surface area contributed by atoms with E-state index in [9.17, 15) is 23.9 Å². The van der Waals surface area contributed by atoms with Crippen LogP contribution < -0.4 is 4.90 Å². The summed E-state index contributed by atoms with van der Waals surface area (Å²) in [6, 6.07) is 12.6. The molecular formula is C24H22FN3O5. The van der Waals surface area contributed by atoms with Crippen LogP contribution in [0.1, 0.15) is 36.6 Å². The number of aliphatic carboxylic acids is 1. The van der Waals surface area contributed by atoms with Gasteiger partial charge < -0.3 is 14.7 Å². The molecule has 8 nitrogen and oxygen atoms in total. The number of hydrogen-bond acceptors (Lipinski definition) is 5. The van der Waals surface area contributed by atoms with Crippen molar-refractivity contribution in [3.8, 4) is 6.07 Å². The number of carboxylic acids is 1. The summed E-state index contributed by atoms with van der Waals surface area (Å²) in [7, 11) is 0. The normalized spacial score (nSPS) is 15.9. The molecule has 2 aromatic carbocycles. The lowest BCUT2D eigenvalue weighted by Gasteiger charge is -2.42. The van der Waals surface area contributed by atoms with Gasteiger partial charge in [0, 0.05) is 5.70 Å². The average Bonchev–Trinajstić information content (AvgIpc) is 2.80. The number of urea groups is 1. The number of carboxylic acid groups (broad SMARTS) is 1. The molecule has 2 amide bonds. The van der Waals surface area contributed by atoms with Crippen molar-refractivity contribution in [3.05, 3.63) is 76.5 Å². The summed E-state index contributed by atoms with van der Waals surface area (Å²) in [6.07, 6.45) is 0. The molecule has 1 aliphatic rings. The predicted molar refractivity (Wildman–Crippen MR) is 117 cm³/mol. The van der Waals surface area contributed by atoms with Crippen LogP contribution >= 0.6 is 0 Å². The molecule has 0 fully saturated rings. The Morgan fingerprint density at radius 3 is 2.48 bits per heavy atom. The van der Waals surface area contributed by atoms with Gasteiger partial charge in [-0.05, 0) is 49.2 Å². The first kappa shape index (κ1) is 23.5. The number of ether oxygens (including phenoxy) is 1. The Balaban J connectivity index is 2.27. The lowest BCUT2D eigenvalue weighted by Crippen LogP contribution is -2.52. The number of rotatable bonds is 7. The second-order valence-electron chi connectivity index (χ2n) is 7.30. The highest BCUT2D eigenvalue weighted by Crippen LogP contribution is 2.40. The fourth-order valence-electron chi connectivity index (χ4n) is 3.80. The summed E-state index contributed by atoms with van der Waals surface area (Å²) in [6.45, 7) is 1.81. The zero-order valence-corrected chi connectivity index (χ0v) is 18.1. The van der Waals surface area contributed by atoms with E-state index in [-0.39, 0.29) is 17.9 Å². The van der Waals surface area contributed by atoms with Gasteiger partial charge in [0.25, 0.3) is 0 Å². The fourth-order valence-corrected chi connectivity index (χ4v) is 3.80. The Morgan fingerprint density at radius 2 is 1.91 bits per heavy atom. The van der Waals surface area contributed by atoms with Gasteiger partial charge in [-0.1, -0.05) is 24.3 Å². The van der Waals surface area contributed by atoms with E-state index in [0.717, 1.165) is 4.90 Å². The third kappa shape index (κ3) is 4.70. The van der Waals surface area contributed by atoms with E-state index in [0.29, 0.717) is 22.4 Å². The molecule has 0 bridgehead atoms. The number of nitriles is 1. The molecular weight excluding hydrogens is 429 g/mol. The highest BCUT2D eigenvalue weighted by Gasteiger charge is 2.43. The third-order valence-electron chi connectivity index (χ3n) is 5.23. The first-order valence-electron chi connectivity index (χ1n) is 10.2. The van der Waals surface area contributed by atoms with Gasteiger partial charge in [0.05, 0.1) is 35.5 Å². The van der Waals surface area contributed by atoms with Crippen molar-refractivity contribution in [3.63, 3.8) is 0 Å². The Morgan fingerprint density at radius 1 is 1.21 bits per heavy atom. The molecule has 1 heterocycles. The predicted octanol–water partition coefficient (Wildman–Crippen LogP) is 3.93. The van der Waals surface area contributed by atoms with Crippen molar-refractivity contribution in [2.75, 3.05) is 18.1 Å². The van der Waals surface area contributed by atoms with Gasteiger partial charge in [-0.25, -0.2) is 14.0 Å². The topological polar surface area (TPSA) is 111 Å². The largest absolute Gasteiger partial charge is 0.480 e. The number of allylic oxidation sites excluding steroid dienone is 1. The van der Waals surface area contributed by atoms with E-state index in [4.69, 9.17) is 10.00 Å². The fraction of sp³-hybridized carbons (Fsp3) is 0.250. The summed E-state index contributed by atoms with van der Waals surface area (Å²) in [4.78, 5) is 40.5. The molecule has 2 aromatic rings. The van der Waals surface area contributed by atoms with E-state index in [2.05, 4.69) is 0 Å². The van der Waals surface area contributed by atoms with Crippen molar-refractivity contribution in [1.29, 1.82) is 5.26 Å². The Bertz CT molecular complexity index is 1150. The molecule has 0 saturated heterocycles. The summed E-state index contributed by atoms with van der Waals surface area (Å²) < 4.78 is 18.5. The molecule has 0 saturated carbocycles. The van der Waals surface area contributed by atoms with E-state index < -0.39 is 37.2 Å². The van der Waals surface area contributed by atoms with Gasteiger partial charge in [0.15, 0.2) is 0 Å². The third-order valence-corrected chi connectivity index (χ3v) is 5.23. The van der Waals surface area contributed by atoms with Crippen molar-refractivity contribution >= 4 is 23.7 Å². The van der Waals surface area contributed by atoms with Crippen molar-refractivity contribution in [2.24, 2.45) is 0 Å². The first-order chi connectivity index (χ1) is 15.8. The number of halogens is 1. The van der Waals surface area contributed by atoms with Crippen molar-refractivity contribution in [1.82, 2.24) is 4.90 Å². The number of nitrogens with zero attached hydrogens (tertiary/aromatic N) is 3. The van der Waals surface area contributed by atoms with E-state index >= 15 is 0 Å². The smallest absolute Gasteiger partial charge is 0.338 e. The minimum Gasteiger partial charge on any atom is -0.480 e. The SMILES string of the molecule is CCOC(=O)C1=C(C)N(c2cccc(CF)c2)C(=O)N(CC(=O)O)[C@@H]1c1ccc(C#N)cc1. The molecule has 170 valence electrons. The van der Waals surface area contributed by atoms with Crippen LogP contribution in [0.25, 0.3) is 0 Å². The average molecular weight is 451 g/mol. The van der Waals surface area contributed by atoms with Crippen LogP contribution in [-0.2, 0) is 21.0 Å². The zero-order chi connectivity index (χ0) is 24.1. The monoisotopic (exact) mass is 451 g/mol. The number of carbonyl (C=O) groups is 3. The number of carbonyl (C=O) groups excluding carboxylic acids is 2. The zero-order valence-electron chi connectivity index (χ0n) is 18.1. The summed E-state index contributed by atoms with van der Waals surface area (Å²) in [5.41, 5.74) is 1.75. The molecule has 0 spiro atoms. The van der Waals surface area contributed by atoms with Gasteiger partial charge in [0.1, 0.15) is 13.2 Å². The Labute approximate surface area is 190 Å². The maximum atomic E-state index is 13.6. The number of amides is 2. The number of hydrogen-bond donors (Lipinski definition) is 1. The van der Waals surface area contributed by atoms with Gasteiger partial charge in [0.2, 0.25) is 0 Å². The van der Waals surface area contributed by atoms with E-state index in [1.54, 1.807) is 44.2 Å². The van der Waals surface area contributed by atoms with Crippen molar-refractivity contribution in [2.45, 2.75) is 26.6 Å². The highest BCUT2D eigenvalue weighted by molar-refractivity contribution is 6.04. The van der Waals surface area contributed by atoms with Gasteiger partial charge in [-0.3, -0.25) is 9.69 Å². The standard InChI is InChI=1S/C24H22FN3O5/c1-3-33-23(31)21-15(2)28(19-6-4-5-17(11-19)12-25)24(32)27(14-20(29)30)22(21)18-9-7-16(13-26)8-10-18/h4-11,22H,3,12,14H2,1-2H3,(H,29,30)/t22-/m1/s1. The van der Waals surface area contributed by atoms with Gasteiger partial charge >= 0.3 is 18.0 Å². The molecule has 0 aromatic heterocycles. The number of esters is 1. The molecule has 1 aliphatic heterocycles. The molecule has 1 N–H and O–H groups in total. The second-order valence-corrected chi connectivity index (χ2v) is 7.30. The number of alkyl halides is 1. The lowest BCUT2D eigenvalue weighted by molar-refractivity contribution is -0.141. The van der Waals surface area contributed by atoms with Crippen LogP contribution in [0.2, 0.25) is 0 Å². The quantitative estimate of drug-likeness (QED) is 0.639. The van der Waals surface area contributed by atoms with Crippen LogP contribution in [0.5, 0.6) is 0 Å². The highest BCUT2D eigenvalue weighted by atomic mass is 19.1. The molecule has 3 rings (SSSR count). The van der Waals surface area contributed by atoms with Crippen LogP contribution in [0.3, 0.4) is 0 Å². The van der Waals surface area contributed by atoms with Gasteiger partial charge in [-0.15, -0.1) is 0 Å². The molecule has 9 heteroatoms. The van der Waals surface area contributed by atoms with Crippen LogP contribution in [-0.4, -0.2) is 41.1 Å². The number of benzene rings is 2. The molecule has 1 atom stereocenters. The molecule has 0 unspecified atom stereocenters. The van der Waals surface area contributed by atoms with Crippen LogP contribution in [0.15, 0.2) is 59.8 Å². The summed E-state index contributed by atoms with van der Waals surface area (Å²) in [5.74, 6) is -1.99. The molecule has 0 radical (unpaired) electrons. The first-order valence-corrected chi connectivity index (χ1v) is 10.2. The van der Waals surface area contributed by atoms with Crippen LogP contribution in [0, 0.1) is 11.3 Å². The van der Waals surface area contributed by atoms with E-state index in [1.807, 2.05) is 6.07 Å². The minimum atomic E-state index is -1.28. The number of anilines is 1. The van der Waals surface area contributed by atoms with Crippen LogP contribution in [0.4, 0.5) is 14.9 Å². The maximum Gasteiger partial charge on any atom is 0.338 e. The Kier molecular flexibility index (Phi) is 7.08. The lowest BCUT2D eigenvalue weighted by atomic mass is 9.92. The minimum absolute atomic E-state index is 0.0694. The summed E-state index contributed by atoms with van der Waals surface area (Å²) in [5, 5.41) is 18.6. The van der Waals surface area contributed by atoms with E-state index in [1.165, 1.54) is 23.1 Å². The Hall–Kier alpha value is -4.19. The summed E-state index contributed by atoms with van der Waals surface area (Å²) >= 11 is 0. The second kappa shape index (κ2) is 9.96. The van der Waals surface area contributed by atoms with Crippen molar-refractivity contribution < 1.29 is 28.6 Å².